The summed E-state index contributed by atoms with van der Waals surface area (Å²) < 4.78 is 1.83. The zero-order chi connectivity index (χ0) is 24.9. The molecule has 0 bridgehead atoms. The Bertz CT molecular complexity index is 1510. The fourth-order valence-electron chi connectivity index (χ4n) is 4.49. The van der Waals surface area contributed by atoms with Crippen molar-refractivity contribution in [2.75, 3.05) is 6.54 Å². The maximum absolute atomic E-state index is 13.1. The van der Waals surface area contributed by atoms with Gasteiger partial charge >= 0.3 is 0 Å². The summed E-state index contributed by atoms with van der Waals surface area (Å²) in [6.45, 7) is 6.52. The van der Waals surface area contributed by atoms with Crippen molar-refractivity contribution in [3.63, 3.8) is 0 Å². The minimum absolute atomic E-state index is 0.0511. The van der Waals surface area contributed by atoms with Crippen molar-refractivity contribution in [2.45, 2.75) is 39.9 Å². The van der Waals surface area contributed by atoms with Gasteiger partial charge in [0.1, 0.15) is 0 Å². The normalized spacial score (nSPS) is 11.4. The molecule has 0 saturated carbocycles. The molecule has 182 valence electrons. The van der Waals surface area contributed by atoms with Gasteiger partial charge in [-0.15, -0.1) is 5.10 Å². The second-order valence-corrected chi connectivity index (χ2v) is 9.28. The lowest BCUT2D eigenvalue weighted by atomic mass is 10.0. The van der Waals surface area contributed by atoms with E-state index in [0.717, 1.165) is 46.4 Å². The maximum Gasteiger partial charge on any atom is 0.252 e. The van der Waals surface area contributed by atoms with Gasteiger partial charge in [0, 0.05) is 18.7 Å². The Labute approximate surface area is 210 Å². The highest BCUT2D eigenvalue weighted by molar-refractivity contribution is 5.83. The van der Waals surface area contributed by atoms with Gasteiger partial charge in [0.2, 0.25) is 0 Å². The van der Waals surface area contributed by atoms with Crippen molar-refractivity contribution in [2.24, 2.45) is 0 Å². The average molecular weight is 479 g/mol. The summed E-state index contributed by atoms with van der Waals surface area (Å²) in [5.74, 6) is 0.774. The van der Waals surface area contributed by atoms with Gasteiger partial charge in [-0.1, -0.05) is 72.8 Å². The Kier molecular flexibility index (Phi) is 7.00. The summed E-state index contributed by atoms with van der Waals surface area (Å²) in [6, 6.07) is 26.7. The third-order valence-electron chi connectivity index (χ3n) is 6.73. The Balaban J connectivity index is 1.42. The van der Waals surface area contributed by atoms with Crippen LogP contribution in [0.4, 0.5) is 0 Å². The van der Waals surface area contributed by atoms with E-state index >= 15 is 0 Å². The van der Waals surface area contributed by atoms with E-state index in [1.165, 1.54) is 11.1 Å². The Morgan fingerprint density at radius 2 is 1.61 bits per heavy atom. The molecule has 0 aliphatic carbocycles. The molecule has 0 radical (unpaired) electrons. The molecule has 1 N–H and O–H groups in total. The molecule has 36 heavy (non-hydrogen) atoms. The number of nitrogens with one attached hydrogen (secondary N) is 1. The first kappa shape index (κ1) is 23.6. The summed E-state index contributed by atoms with van der Waals surface area (Å²) in [7, 11) is 0. The fourth-order valence-corrected chi connectivity index (χ4v) is 4.49. The van der Waals surface area contributed by atoms with Crippen LogP contribution in [0.15, 0.2) is 83.7 Å². The van der Waals surface area contributed by atoms with Crippen molar-refractivity contribution in [1.29, 1.82) is 0 Å². The van der Waals surface area contributed by atoms with Crippen molar-refractivity contribution in [3.05, 3.63) is 123 Å². The minimum atomic E-state index is -0.0511. The molecule has 0 unspecified atom stereocenters. The maximum atomic E-state index is 13.1. The van der Waals surface area contributed by atoms with Crippen LogP contribution in [0.5, 0.6) is 0 Å². The Morgan fingerprint density at radius 1 is 0.889 bits per heavy atom. The number of nitrogens with zero attached hydrogens (tertiary/aromatic N) is 5. The molecule has 5 rings (SSSR count). The van der Waals surface area contributed by atoms with E-state index < -0.39 is 0 Å². The van der Waals surface area contributed by atoms with Crippen molar-refractivity contribution in [3.8, 4) is 0 Å². The predicted octanol–water partition coefficient (Wildman–Crippen LogP) is 4.42. The molecule has 0 aliphatic rings. The highest BCUT2D eigenvalue weighted by Crippen LogP contribution is 2.20. The molecule has 5 aromatic rings. The lowest BCUT2D eigenvalue weighted by Crippen LogP contribution is -2.30. The van der Waals surface area contributed by atoms with Crippen LogP contribution in [0.2, 0.25) is 0 Å². The van der Waals surface area contributed by atoms with Crippen LogP contribution in [-0.2, 0) is 26.1 Å². The lowest BCUT2D eigenvalue weighted by molar-refractivity contribution is 0.248. The van der Waals surface area contributed by atoms with Crippen molar-refractivity contribution < 1.29 is 0 Å². The molecule has 0 saturated heterocycles. The van der Waals surface area contributed by atoms with Gasteiger partial charge in [0.25, 0.3) is 5.56 Å². The number of hydrogen-bond acceptors (Lipinski definition) is 5. The van der Waals surface area contributed by atoms with Crippen LogP contribution in [-0.4, -0.2) is 36.6 Å². The molecule has 2 aromatic heterocycles. The standard InChI is InChI=1S/C29H30N6O/c1-21-13-14-25-17-26(29(36)30-28(25)22(21)2)19-34(16-15-23-9-5-3-6-10-23)20-27-31-32-33-35(27)18-24-11-7-4-8-12-24/h3-14,17H,15-16,18-20H2,1-2H3,(H,30,36). The number of pyridine rings is 1. The number of fused-ring (bicyclic) bond motifs is 1. The van der Waals surface area contributed by atoms with Gasteiger partial charge in [0.05, 0.1) is 18.6 Å². The zero-order valence-corrected chi connectivity index (χ0v) is 20.7. The van der Waals surface area contributed by atoms with E-state index in [2.05, 4.69) is 80.9 Å². The van der Waals surface area contributed by atoms with Crippen LogP contribution in [0.1, 0.15) is 33.6 Å². The van der Waals surface area contributed by atoms with Gasteiger partial charge in [-0.3, -0.25) is 9.69 Å². The number of aromatic amines is 1. The number of H-pyrrole nitrogens is 1. The molecule has 2 heterocycles. The summed E-state index contributed by atoms with van der Waals surface area (Å²) in [5, 5.41) is 13.5. The molecule has 0 fully saturated rings. The first-order valence-corrected chi connectivity index (χ1v) is 12.2. The summed E-state index contributed by atoms with van der Waals surface area (Å²) >= 11 is 0. The molecular formula is C29H30N6O. The van der Waals surface area contributed by atoms with Crippen LogP contribution in [0.3, 0.4) is 0 Å². The van der Waals surface area contributed by atoms with Crippen LogP contribution < -0.4 is 5.56 Å². The number of benzene rings is 3. The summed E-state index contributed by atoms with van der Waals surface area (Å²) in [5.41, 5.74) is 6.26. The molecule has 7 nitrogen and oxygen atoms in total. The second-order valence-electron chi connectivity index (χ2n) is 9.28. The number of rotatable bonds is 9. The fraction of sp³-hybridized carbons (Fsp3) is 0.241. The third kappa shape index (κ3) is 5.42. The monoisotopic (exact) mass is 478 g/mol. The average Bonchev–Trinajstić information content (AvgIpc) is 3.33. The van der Waals surface area contributed by atoms with E-state index in [-0.39, 0.29) is 5.56 Å². The number of hydrogen-bond donors (Lipinski definition) is 1. The van der Waals surface area contributed by atoms with Crippen LogP contribution in [0.25, 0.3) is 10.9 Å². The number of aromatic nitrogens is 5. The van der Waals surface area contributed by atoms with Gasteiger partial charge < -0.3 is 4.98 Å². The second kappa shape index (κ2) is 10.7. The quantitative estimate of drug-likeness (QED) is 0.339. The largest absolute Gasteiger partial charge is 0.321 e. The van der Waals surface area contributed by atoms with Crippen LogP contribution in [0, 0.1) is 13.8 Å². The van der Waals surface area contributed by atoms with E-state index in [4.69, 9.17) is 0 Å². The first-order valence-electron chi connectivity index (χ1n) is 12.2. The van der Waals surface area contributed by atoms with Gasteiger partial charge in [0.15, 0.2) is 5.82 Å². The van der Waals surface area contributed by atoms with E-state index in [9.17, 15) is 4.79 Å². The molecule has 7 heteroatoms. The van der Waals surface area contributed by atoms with Crippen LogP contribution >= 0.6 is 0 Å². The molecule has 0 amide bonds. The summed E-state index contributed by atoms with van der Waals surface area (Å²) in [4.78, 5) is 18.5. The number of tetrazole rings is 1. The first-order chi connectivity index (χ1) is 17.6. The topological polar surface area (TPSA) is 79.7 Å². The molecular weight excluding hydrogens is 448 g/mol. The smallest absolute Gasteiger partial charge is 0.252 e. The number of aryl methyl sites for hydroxylation is 2. The van der Waals surface area contributed by atoms with Gasteiger partial charge in [-0.05, 0) is 64.4 Å². The molecule has 3 aromatic carbocycles. The highest BCUT2D eigenvalue weighted by atomic mass is 16.1. The van der Waals surface area contributed by atoms with E-state index in [1.807, 2.05) is 41.9 Å². The van der Waals surface area contributed by atoms with E-state index in [1.54, 1.807) is 0 Å². The van der Waals surface area contributed by atoms with Crippen molar-refractivity contribution >= 4 is 10.9 Å². The molecule has 0 atom stereocenters. The lowest BCUT2D eigenvalue weighted by Gasteiger charge is -2.22. The Hall–Kier alpha value is -4.10. The molecule has 0 aliphatic heterocycles. The summed E-state index contributed by atoms with van der Waals surface area (Å²) in [6.07, 6.45) is 0.866. The zero-order valence-electron chi connectivity index (χ0n) is 20.7. The van der Waals surface area contributed by atoms with Crippen molar-refractivity contribution in [1.82, 2.24) is 30.1 Å². The van der Waals surface area contributed by atoms with E-state index in [0.29, 0.717) is 19.6 Å². The Morgan fingerprint density at radius 3 is 2.36 bits per heavy atom. The van der Waals surface area contributed by atoms with Gasteiger partial charge in [-0.2, -0.15) is 0 Å². The minimum Gasteiger partial charge on any atom is -0.321 e. The molecule has 0 spiro atoms. The predicted molar refractivity (Wildman–Crippen MR) is 142 cm³/mol. The van der Waals surface area contributed by atoms with Gasteiger partial charge in [-0.25, -0.2) is 4.68 Å². The highest BCUT2D eigenvalue weighted by Gasteiger charge is 2.16. The SMILES string of the molecule is Cc1ccc2cc(CN(CCc3ccccc3)Cc3nnnn3Cc3ccccc3)c(=O)[nH]c2c1C. The third-order valence-corrected chi connectivity index (χ3v) is 6.73.